The second-order valence-corrected chi connectivity index (χ2v) is 4.21. The van der Waals surface area contributed by atoms with Crippen LogP contribution in [0, 0.1) is 0 Å². The molecule has 0 N–H and O–H groups in total. The van der Waals surface area contributed by atoms with Crippen molar-refractivity contribution in [2.45, 2.75) is 6.92 Å². The molecule has 4 nitrogen and oxygen atoms in total. The van der Waals surface area contributed by atoms with Crippen molar-refractivity contribution in [3.05, 3.63) is 42.0 Å². The van der Waals surface area contributed by atoms with E-state index in [4.69, 9.17) is 0 Å². The van der Waals surface area contributed by atoms with Crippen LogP contribution in [0.1, 0.15) is 12.5 Å². The van der Waals surface area contributed by atoms with Crippen molar-refractivity contribution in [1.29, 1.82) is 0 Å². The van der Waals surface area contributed by atoms with E-state index in [1.54, 1.807) is 21.1 Å². The summed E-state index contributed by atoms with van der Waals surface area (Å²) in [5.41, 5.74) is 1.44. The van der Waals surface area contributed by atoms with Crippen molar-refractivity contribution in [3.63, 3.8) is 0 Å². The van der Waals surface area contributed by atoms with Crippen molar-refractivity contribution in [3.8, 4) is 0 Å². The number of nitrogens with zero attached hydrogens (tertiary/aromatic N) is 2. The zero-order chi connectivity index (χ0) is 13.7. The molecule has 0 aliphatic carbocycles. The average Bonchev–Trinajstić information content (AvgIpc) is 2.35. The van der Waals surface area contributed by atoms with E-state index in [-0.39, 0.29) is 11.8 Å². The SMILES string of the molecule is CC(=O)N(C)C(=CC(=O)N(C)C)c1ccccc1. The maximum atomic E-state index is 11.8. The van der Waals surface area contributed by atoms with Crippen LogP contribution in [-0.2, 0) is 9.59 Å². The van der Waals surface area contributed by atoms with Crippen LogP contribution in [0.3, 0.4) is 0 Å². The summed E-state index contributed by atoms with van der Waals surface area (Å²) < 4.78 is 0. The molecule has 0 aliphatic rings. The molecule has 1 aromatic rings. The predicted molar refractivity (Wildman–Crippen MR) is 71.6 cm³/mol. The van der Waals surface area contributed by atoms with Gasteiger partial charge in [0, 0.05) is 34.1 Å². The molecule has 1 rings (SSSR count). The van der Waals surface area contributed by atoms with E-state index < -0.39 is 0 Å². The van der Waals surface area contributed by atoms with Crippen molar-refractivity contribution in [1.82, 2.24) is 9.80 Å². The number of likely N-dealkylation sites (N-methyl/N-ethyl adjacent to an activating group) is 1. The Bertz CT molecular complexity index is 464. The van der Waals surface area contributed by atoms with Gasteiger partial charge in [-0.15, -0.1) is 0 Å². The van der Waals surface area contributed by atoms with Gasteiger partial charge in [0.2, 0.25) is 11.8 Å². The predicted octanol–water partition coefficient (Wildman–Crippen LogP) is 1.59. The Kier molecular flexibility index (Phi) is 4.66. The van der Waals surface area contributed by atoms with E-state index in [2.05, 4.69) is 0 Å². The Labute approximate surface area is 108 Å². The molecule has 0 unspecified atom stereocenters. The van der Waals surface area contributed by atoms with Crippen LogP contribution in [0.5, 0.6) is 0 Å². The highest BCUT2D eigenvalue weighted by Gasteiger charge is 2.13. The smallest absolute Gasteiger partial charge is 0.248 e. The number of rotatable bonds is 3. The number of hydrogen-bond acceptors (Lipinski definition) is 2. The van der Waals surface area contributed by atoms with Crippen molar-refractivity contribution < 1.29 is 9.59 Å². The number of benzene rings is 1. The Morgan fingerprint density at radius 1 is 1.06 bits per heavy atom. The summed E-state index contributed by atoms with van der Waals surface area (Å²) in [7, 11) is 5.01. The number of carbonyl (C=O) groups excluding carboxylic acids is 2. The molecule has 96 valence electrons. The second-order valence-electron chi connectivity index (χ2n) is 4.21. The molecular formula is C14H18N2O2. The molecule has 0 saturated carbocycles. The molecule has 0 aromatic heterocycles. The third-order valence-electron chi connectivity index (χ3n) is 2.60. The van der Waals surface area contributed by atoms with Gasteiger partial charge in [0.05, 0.1) is 5.70 Å². The first-order valence-electron chi connectivity index (χ1n) is 5.66. The number of amides is 2. The van der Waals surface area contributed by atoms with Crippen molar-refractivity contribution in [2.75, 3.05) is 21.1 Å². The molecule has 2 amide bonds. The first-order chi connectivity index (χ1) is 8.43. The van der Waals surface area contributed by atoms with E-state index in [1.165, 1.54) is 22.8 Å². The molecule has 0 atom stereocenters. The Morgan fingerprint density at radius 2 is 1.61 bits per heavy atom. The van der Waals surface area contributed by atoms with Crippen LogP contribution in [-0.4, -0.2) is 42.8 Å². The van der Waals surface area contributed by atoms with Crippen molar-refractivity contribution >= 4 is 17.5 Å². The van der Waals surface area contributed by atoms with Gasteiger partial charge >= 0.3 is 0 Å². The third kappa shape index (κ3) is 3.45. The van der Waals surface area contributed by atoms with Gasteiger partial charge in [-0.05, 0) is 5.56 Å². The minimum Gasteiger partial charge on any atom is -0.345 e. The Hall–Kier alpha value is -2.10. The first-order valence-corrected chi connectivity index (χ1v) is 5.66. The number of hydrogen-bond donors (Lipinski definition) is 0. The standard InChI is InChI=1S/C14H18N2O2/c1-11(17)16(4)13(10-14(18)15(2)3)12-8-6-5-7-9-12/h5-10H,1-4H3. The van der Waals surface area contributed by atoms with Gasteiger partial charge in [-0.1, -0.05) is 30.3 Å². The van der Waals surface area contributed by atoms with Crippen LogP contribution in [0.15, 0.2) is 36.4 Å². The highest BCUT2D eigenvalue weighted by Crippen LogP contribution is 2.17. The van der Waals surface area contributed by atoms with Gasteiger partial charge in [0.25, 0.3) is 0 Å². The molecule has 0 radical (unpaired) electrons. The topological polar surface area (TPSA) is 40.6 Å². The van der Waals surface area contributed by atoms with Crippen molar-refractivity contribution in [2.24, 2.45) is 0 Å². The van der Waals surface area contributed by atoms with Crippen LogP contribution in [0.2, 0.25) is 0 Å². The van der Waals surface area contributed by atoms with E-state index in [9.17, 15) is 9.59 Å². The lowest BCUT2D eigenvalue weighted by Crippen LogP contribution is -2.25. The minimum absolute atomic E-state index is 0.114. The molecule has 0 fully saturated rings. The Morgan fingerprint density at radius 3 is 2.06 bits per heavy atom. The highest BCUT2D eigenvalue weighted by molar-refractivity contribution is 5.97. The lowest BCUT2D eigenvalue weighted by atomic mass is 10.1. The van der Waals surface area contributed by atoms with Gasteiger partial charge < -0.3 is 9.80 Å². The molecule has 0 saturated heterocycles. The molecule has 0 heterocycles. The van der Waals surface area contributed by atoms with Crippen LogP contribution < -0.4 is 0 Å². The number of carbonyl (C=O) groups is 2. The van der Waals surface area contributed by atoms with E-state index in [0.717, 1.165) is 5.56 Å². The van der Waals surface area contributed by atoms with Gasteiger partial charge in [0.1, 0.15) is 0 Å². The normalized spacial score (nSPS) is 11.0. The third-order valence-corrected chi connectivity index (χ3v) is 2.60. The largest absolute Gasteiger partial charge is 0.345 e. The summed E-state index contributed by atoms with van der Waals surface area (Å²) in [5.74, 6) is -0.265. The first kappa shape index (κ1) is 14.0. The molecule has 1 aromatic carbocycles. The fraction of sp³-hybridized carbons (Fsp3) is 0.286. The molecule has 0 aliphatic heterocycles. The molecule has 0 bridgehead atoms. The lowest BCUT2D eigenvalue weighted by Gasteiger charge is -2.20. The Balaban J connectivity index is 3.19. The van der Waals surface area contributed by atoms with Gasteiger partial charge in [-0.25, -0.2) is 0 Å². The molecule has 0 spiro atoms. The lowest BCUT2D eigenvalue weighted by molar-refractivity contribution is -0.124. The van der Waals surface area contributed by atoms with Gasteiger partial charge in [-0.3, -0.25) is 9.59 Å². The van der Waals surface area contributed by atoms with Crippen LogP contribution in [0.4, 0.5) is 0 Å². The zero-order valence-electron chi connectivity index (χ0n) is 11.2. The monoisotopic (exact) mass is 246 g/mol. The molecule has 18 heavy (non-hydrogen) atoms. The fourth-order valence-electron chi connectivity index (χ4n) is 1.40. The zero-order valence-corrected chi connectivity index (χ0v) is 11.2. The summed E-state index contributed by atoms with van der Waals surface area (Å²) in [6.45, 7) is 1.47. The minimum atomic E-state index is -0.151. The maximum Gasteiger partial charge on any atom is 0.248 e. The van der Waals surface area contributed by atoms with Crippen LogP contribution in [0.25, 0.3) is 5.70 Å². The quantitative estimate of drug-likeness (QED) is 0.760. The summed E-state index contributed by atoms with van der Waals surface area (Å²) in [6, 6.07) is 9.37. The van der Waals surface area contributed by atoms with Gasteiger partial charge in [0.15, 0.2) is 0 Å². The summed E-state index contributed by atoms with van der Waals surface area (Å²) >= 11 is 0. The van der Waals surface area contributed by atoms with Crippen LogP contribution >= 0.6 is 0 Å². The van der Waals surface area contributed by atoms with E-state index in [0.29, 0.717) is 5.70 Å². The molecule has 4 heteroatoms. The summed E-state index contributed by atoms with van der Waals surface area (Å²) in [5, 5.41) is 0. The van der Waals surface area contributed by atoms with E-state index in [1.807, 2.05) is 30.3 Å². The molecular weight excluding hydrogens is 228 g/mol. The summed E-state index contributed by atoms with van der Waals surface area (Å²) in [4.78, 5) is 26.2. The maximum absolute atomic E-state index is 11.8. The van der Waals surface area contributed by atoms with E-state index >= 15 is 0 Å². The summed E-state index contributed by atoms with van der Waals surface area (Å²) in [6.07, 6.45) is 1.47. The fourth-order valence-corrected chi connectivity index (χ4v) is 1.40. The average molecular weight is 246 g/mol. The van der Waals surface area contributed by atoms with Gasteiger partial charge in [-0.2, -0.15) is 0 Å². The highest BCUT2D eigenvalue weighted by atomic mass is 16.2. The second kappa shape index (κ2) is 6.00.